The van der Waals surface area contributed by atoms with Crippen molar-refractivity contribution < 1.29 is 4.74 Å². The van der Waals surface area contributed by atoms with Crippen molar-refractivity contribution in [2.45, 2.75) is 38.0 Å². The van der Waals surface area contributed by atoms with Gasteiger partial charge in [0.15, 0.2) is 0 Å². The zero-order valence-corrected chi connectivity index (χ0v) is 13.1. The number of rotatable bonds is 6. The molecule has 0 aromatic heterocycles. The number of hydrogen-bond acceptors (Lipinski definition) is 3. The summed E-state index contributed by atoms with van der Waals surface area (Å²) in [7, 11) is 0. The first-order valence-corrected chi connectivity index (χ1v) is 7.80. The minimum atomic E-state index is -0.0405. The van der Waals surface area contributed by atoms with E-state index >= 15 is 0 Å². The Bertz CT molecular complexity index is 657. The third kappa shape index (κ3) is 2.89. The van der Waals surface area contributed by atoms with Crippen molar-refractivity contribution >= 4 is 5.69 Å². The van der Waals surface area contributed by atoms with Gasteiger partial charge in [-0.2, -0.15) is 0 Å². The molecule has 22 heavy (non-hydrogen) atoms. The third-order valence-corrected chi connectivity index (χ3v) is 4.49. The monoisotopic (exact) mass is 295 g/mol. The number of nitrogens with zero attached hydrogens (tertiary/aromatic N) is 1. The fraction of sp³-hybridized carbons (Fsp3) is 0.368. The normalized spacial score (nSPS) is 15.6. The Morgan fingerprint density at radius 1 is 1.09 bits per heavy atom. The number of hydrogen-bond donors (Lipinski definition) is 0. The first kappa shape index (κ1) is 14.8. The molecule has 2 aromatic carbocycles. The van der Waals surface area contributed by atoms with Gasteiger partial charge in [-0.1, -0.05) is 44.2 Å². The molecule has 0 radical (unpaired) electrons. The number of nitroso groups, excluding NO2 is 1. The molecule has 0 saturated heterocycles. The molecule has 0 N–H and O–H groups in total. The van der Waals surface area contributed by atoms with E-state index in [-0.39, 0.29) is 5.41 Å². The SMILES string of the molecule is CC(C)c1ccc(OCC2(c3ccccc3N=O)CC2)cc1. The van der Waals surface area contributed by atoms with Crippen molar-refractivity contribution in [2.75, 3.05) is 6.61 Å². The summed E-state index contributed by atoms with van der Waals surface area (Å²) in [5.74, 6) is 1.40. The summed E-state index contributed by atoms with van der Waals surface area (Å²) in [6.07, 6.45) is 2.09. The third-order valence-electron chi connectivity index (χ3n) is 4.49. The van der Waals surface area contributed by atoms with E-state index in [9.17, 15) is 4.91 Å². The van der Waals surface area contributed by atoms with Crippen LogP contribution in [0.2, 0.25) is 0 Å². The van der Waals surface area contributed by atoms with Crippen LogP contribution in [0.5, 0.6) is 5.75 Å². The Kier molecular flexibility index (Phi) is 3.97. The molecule has 0 heterocycles. The van der Waals surface area contributed by atoms with Gasteiger partial charge in [0, 0.05) is 5.41 Å². The molecule has 1 saturated carbocycles. The maximum absolute atomic E-state index is 11.0. The fourth-order valence-electron chi connectivity index (χ4n) is 2.81. The van der Waals surface area contributed by atoms with Gasteiger partial charge in [-0.3, -0.25) is 0 Å². The zero-order valence-electron chi connectivity index (χ0n) is 13.1. The molecule has 3 nitrogen and oxygen atoms in total. The summed E-state index contributed by atoms with van der Waals surface area (Å²) in [5.41, 5.74) is 2.83. The van der Waals surface area contributed by atoms with Gasteiger partial charge in [0.1, 0.15) is 11.4 Å². The highest BCUT2D eigenvalue weighted by Crippen LogP contribution is 2.51. The molecule has 2 aromatic rings. The lowest BCUT2D eigenvalue weighted by Crippen LogP contribution is -2.17. The second-order valence-corrected chi connectivity index (χ2v) is 6.40. The van der Waals surface area contributed by atoms with Gasteiger partial charge in [-0.05, 0) is 53.3 Å². The second-order valence-electron chi connectivity index (χ2n) is 6.40. The maximum atomic E-state index is 11.0. The van der Waals surface area contributed by atoms with Gasteiger partial charge in [-0.25, -0.2) is 0 Å². The van der Waals surface area contributed by atoms with Crippen LogP contribution in [0.15, 0.2) is 53.7 Å². The Labute approximate surface area is 131 Å². The van der Waals surface area contributed by atoms with Crippen LogP contribution < -0.4 is 4.74 Å². The zero-order chi connectivity index (χ0) is 15.6. The molecule has 0 aliphatic heterocycles. The molecule has 0 unspecified atom stereocenters. The largest absolute Gasteiger partial charge is 0.493 e. The molecule has 1 fully saturated rings. The smallest absolute Gasteiger partial charge is 0.119 e. The van der Waals surface area contributed by atoms with Crippen LogP contribution >= 0.6 is 0 Å². The summed E-state index contributed by atoms with van der Waals surface area (Å²) >= 11 is 0. The first-order valence-electron chi connectivity index (χ1n) is 7.80. The predicted octanol–water partition coefficient (Wildman–Crippen LogP) is 5.32. The van der Waals surface area contributed by atoms with E-state index in [1.165, 1.54) is 5.56 Å². The molecule has 1 aliphatic rings. The molecule has 0 atom stereocenters. The van der Waals surface area contributed by atoms with E-state index in [1.54, 1.807) is 6.07 Å². The fourth-order valence-corrected chi connectivity index (χ4v) is 2.81. The van der Waals surface area contributed by atoms with Crippen LogP contribution in [0, 0.1) is 4.91 Å². The van der Waals surface area contributed by atoms with Crippen molar-refractivity contribution in [3.8, 4) is 5.75 Å². The molecule has 0 amide bonds. The van der Waals surface area contributed by atoms with Crippen LogP contribution in [0.4, 0.5) is 5.69 Å². The molecule has 0 spiro atoms. The van der Waals surface area contributed by atoms with Crippen molar-refractivity contribution in [3.63, 3.8) is 0 Å². The maximum Gasteiger partial charge on any atom is 0.119 e. The van der Waals surface area contributed by atoms with Gasteiger partial charge in [0.05, 0.1) is 6.61 Å². The molecule has 114 valence electrons. The lowest BCUT2D eigenvalue weighted by molar-refractivity contribution is 0.278. The average molecular weight is 295 g/mol. The molecular formula is C19H21NO2. The minimum absolute atomic E-state index is 0.0405. The highest BCUT2D eigenvalue weighted by atomic mass is 16.5. The highest BCUT2D eigenvalue weighted by Gasteiger charge is 2.46. The van der Waals surface area contributed by atoms with Gasteiger partial charge in [0.25, 0.3) is 0 Å². The Morgan fingerprint density at radius 3 is 2.36 bits per heavy atom. The van der Waals surface area contributed by atoms with E-state index in [2.05, 4.69) is 31.2 Å². The van der Waals surface area contributed by atoms with Crippen LogP contribution in [-0.2, 0) is 5.41 Å². The summed E-state index contributed by atoms with van der Waals surface area (Å²) < 4.78 is 5.98. The summed E-state index contributed by atoms with van der Waals surface area (Å²) in [5, 5.41) is 3.16. The number of ether oxygens (including phenoxy) is 1. The Balaban J connectivity index is 1.72. The molecule has 1 aliphatic carbocycles. The summed E-state index contributed by atoms with van der Waals surface area (Å²) in [4.78, 5) is 11.0. The van der Waals surface area contributed by atoms with Crippen molar-refractivity contribution in [1.29, 1.82) is 0 Å². The second kappa shape index (κ2) is 5.91. The number of benzene rings is 2. The lowest BCUT2D eigenvalue weighted by Gasteiger charge is -2.18. The van der Waals surface area contributed by atoms with E-state index in [0.29, 0.717) is 18.2 Å². The van der Waals surface area contributed by atoms with Gasteiger partial charge >= 0.3 is 0 Å². The van der Waals surface area contributed by atoms with Crippen molar-refractivity contribution in [2.24, 2.45) is 5.18 Å². The molecular weight excluding hydrogens is 274 g/mol. The van der Waals surface area contributed by atoms with Crippen LogP contribution in [0.1, 0.15) is 43.7 Å². The Morgan fingerprint density at radius 2 is 1.77 bits per heavy atom. The summed E-state index contributed by atoms with van der Waals surface area (Å²) in [6.45, 7) is 4.96. The van der Waals surface area contributed by atoms with Crippen LogP contribution in [0.25, 0.3) is 0 Å². The highest BCUT2D eigenvalue weighted by molar-refractivity contribution is 5.52. The van der Waals surface area contributed by atoms with Crippen molar-refractivity contribution in [3.05, 3.63) is 64.6 Å². The molecule has 0 bridgehead atoms. The van der Waals surface area contributed by atoms with E-state index < -0.39 is 0 Å². The minimum Gasteiger partial charge on any atom is -0.493 e. The van der Waals surface area contributed by atoms with Crippen LogP contribution in [0.3, 0.4) is 0 Å². The standard InChI is InChI=1S/C19H21NO2/c1-14(2)15-7-9-16(10-8-15)22-13-19(11-12-19)17-5-3-4-6-18(17)20-21/h3-10,14H,11-13H2,1-2H3. The van der Waals surface area contributed by atoms with Gasteiger partial charge in [-0.15, -0.1) is 4.91 Å². The van der Waals surface area contributed by atoms with Gasteiger partial charge in [0.2, 0.25) is 0 Å². The van der Waals surface area contributed by atoms with Crippen LogP contribution in [-0.4, -0.2) is 6.61 Å². The summed E-state index contributed by atoms with van der Waals surface area (Å²) in [6, 6.07) is 15.9. The van der Waals surface area contributed by atoms with Gasteiger partial charge < -0.3 is 4.74 Å². The van der Waals surface area contributed by atoms with Crippen molar-refractivity contribution in [1.82, 2.24) is 0 Å². The van der Waals surface area contributed by atoms with E-state index in [1.807, 2.05) is 30.3 Å². The van der Waals surface area contributed by atoms with E-state index in [4.69, 9.17) is 4.74 Å². The molecule has 3 rings (SSSR count). The topological polar surface area (TPSA) is 38.7 Å². The average Bonchev–Trinajstić information content (AvgIpc) is 3.34. The first-order chi connectivity index (χ1) is 10.6. The predicted molar refractivity (Wildman–Crippen MR) is 88.8 cm³/mol. The quantitative estimate of drug-likeness (QED) is 0.677. The Hall–Kier alpha value is -2.16. The van der Waals surface area contributed by atoms with E-state index in [0.717, 1.165) is 24.2 Å². The molecule has 3 heteroatoms. The lowest BCUT2D eigenvalue weighted by atomic mass is 9.95.